The highest BCUT2D eigenvalue weighted by molar-refractivity contribution is 9.10. The zero-order chi connectivity index (χ0) is 11.0. The van der Waals surface area contributed by atoms with Gasteiger partial charge in [0.05, 0.1) is 0 Å². The molecular formula is C13H17BrN2. The van der Waals surface area contributed by atoms with E-state index in [0.717, 1.165) is 12.6 Å². The van der Waals surface area contributed by atoms with Crippen LogP contribution in [0, 0.1) is 0 Å². The molecule has 2 heterocycles. The lowest BCUT2D eigenvalue weighted by Gasteiger charge is -2.33. The van der Waals surface area contributed by atoms with E-state index in [1.54, 1.807) is 0 Å². The van der Waals surface area contributed by atoms with Crippen molar-refractivity contribution in [1.29, 1.82) is 0 Å². The Balaban J connectivity index is 1.79. The molecule has 1 atom stereocenters. The number of nitrogens with zero attached hydrogens (tertiary/aromatic N) is 1. The molecule has 1 saturated heterocycles. The first-order valence-electron chi connectivity index (χ1n) is 6.05. The lowest BCUT2D eigenvalue weighted by Crippen LogP contribution is -2.40. The van der Waals surface area contributed by atoms with Crippen LogP contribution in [0.2, 0.25) is 0 Å². The molecule has 1 fully saturated rings. The summed E-state index contributed by atoms with van der Waals surface area (Å²) in [6.07, 6.45) is 2.52. The van der Waals surface area contributed by atoms with E-state index in [2.05, 4.69) is 44.3 Å². The summed E-state index contributed by atoms with van der Waals surface area (Å²) in [5.41, 5.74) is 3.04. The van der Waals surface area contributed by atoms with E-state index in [1.807, 2.05) is 0 Å². The van der Waals surface area contributed by atoms with Gasteiger partial charge >= 0.3 is 0 Å². The van der Waals surface area contributed by atoms with Crippen molar-refractivity contribution >= 4 is 15.9 Å². The van der Waals surface area contributed by atoms with Crippen molar-refractivity contribution in [2.45, 2.75) is 25.4 Å². The maximum absolute atomic E-state index is 3.56. The van der Waals surface area contributed by atoms with Gasteiger partial charge < -0.3 is 5.32 Å². The summed E-state index contributed by atoms with van der Waals surface area (Å²) in [5.74, 6) is 0. The van der Waals surface area contributed by atoms with Crippen molar-refractivity contribution in [2.24, 2.45) is 0 Å². The smallest absolute Gasteiger partial charge is 0.0240 e. The average molecular weight is 281 g/mol. The minimum absolute atomic E-state index is 0.757. The number of fused-ring (bicyclic) bond motifs is 1. The first-order valence-corrected chi connectivity index (χ1v) is 6.84. The van der Waals surface area contributed by atoms with Crippen molar-refractivity contribution < 1.29 is 0 Å². The molecule has 86 valence electrons. The first kappa shape index (κ1) is 10.8. The van der Waals surface area contributed by atoms with Gasteiger partial charge in [-0.05, 0) is 42.6 Å². The quantitative estimate of drug-likeness (QED) is 0.848. The summed E-state index contributed by atoms with van der Waals surface area (Å²) >= 11 is 3.56. The maximum Gasteiger partial charge on any atom is 0.0240 e. The third-order valence-corrected chi connectivity index (χ3v) is 4.25. The molecule has 0 aromatic heterocycles. The highest BCUT2D eigenvalue weighted by atomic mass is 79.9. The fourth-order valence-corrected chi connectivity index (χ4v) is 3.22. The van der Waals surface area contributed by atoms with Gasteiger partial charge in [-0.1, -0.05) is 22.0 Å². The summed E-state index contributed by atoms with van der Waals surface area (Å²) in [6.45, 7) is 4.71. The average Bonchev–Trinajstić information content (AvgIpc) is 2.81. The molecule has 16 heavy (non-hydrogen) atoms. The zero-order valence-electron chi connectivity index (χ0n) is 9.38. The Morgan fingerprint density at radius 1 is 1.31 bits per heavy atom. The monoisotopic (exact) mass is 280 g/mol. The van der Waals surface area contributed by atoms with Crippen molar-refractivity contribution in [3.8, 4) is 0 Å². The number of hydrogen-bond acceptors (Lipinski definition) is 2. The number of benzene rings is 1. The molecule has 2 nitrogen and oxygen atoms in total. The van der Waals surface area contributed by atoms with E-state index in [0.29, 0.717) is 0 Å². The largest absolute Gasteiger partial charge is 0.315 e. The molecule has 1 aromatic rings. The van der Waals surface area contributed by atoms with E-state index in [4.69, 9.17) is 0 Å². The Kier molecular flexibility index (Phi) is 3.01. The van der Waals surface area contributed by atoms with Gasteiger partial charge in [-0.3, -0.25) is 4.90 Å². The second-order valence-corrected chi connectivity index (χ2v) is 5.70. The lowest BCUT2D eigenvalue weighted by atomic mass is 9.98. The maximum atomic E-state index is 3.56. The van der Waals surface area contributed by atoms with Crippen LogP contribution >= 0.6 is 15.9 Å². The number of nitrogens with one attached hydrogen (secondary N) is 1. The van der Waals surface area contributed by atoms with Crippen molar-refractivity contribution in [3.63, 3.8) is 0 Å². The Morgan fingerprint density at radius 2 is 2.25 bits per heavy atom. The van der Waals surface area contributed by atoms with E-state index < -0.39 is 0 Å². The fourth-order valence-electron chi connectivity index (χ4n) is 2.81. The molecule has 0 spiro atoms. The summed E-state index contributed by atoms with van der Waals surface area (Å²) in [4.78, 5) is 2.63. The van der Waals surface area contributed by atoms with Gasteiger partial charge in [0.2, 0.25) is 0 Å². The highest BCUT2D eigenvalue weighted by Crippen LogP contribution is 2.25. The molecule has 2 aliphatic rings. The topological polar surface area (TPSA) is 15.3 Å². The van der Waals surface area contributed by atoms with E-state index in [1.165, 1.54) is 48.1 Å². The SMILES string of the molecule is Brc1ccc2c(c1)CN(C1CCNC1)CC2. The van der Waals surface area contributed by atoms with Crippen LogP contribution in [0.15, 0.2) is 22.7 Å². The highest BCUT2D eigenvalue weighted by Gasteiger charge is 2.25. The molecule has 0 aliphatic carbocycles. The third kappa shape index (κ3) is 2.04. The fraction of sp³-hybridized carbons (Fsp3) is 0.538. The molecular weight excluding hydrogens is 264 g/mol. The van der Waals surface area contributed by atoms with Crippen molar-refractivity contribution in [3.05, 3.63) is 33.8 Å². The summed E-state index contributed by atoms with van der Waals surface area (Å²) in [7, 11) is 0. The van der Waals surface area contributed by atoms with Gasteiger partial charge in [0.1, 0.15) is 0 Å². The Labute approximate surface area is 105 Å². The molecule has 1 unspecified atom stereocenters. The molecule has 1 N–H and O–H groups in total. The standard InChI is InChI=1S/C13H17BrN2/c14-12-2-1-10-4-6-16(9-11(10)7-12)13-3-5-15-8-13/h1-2,7,13,15H,3-6,8-9H2. The normalized spacial score (nSPS) is 25.7. The molecule has 0 radical (unpaired) electrons. The van der Waals surface area contributed by atoms with Crippen LogP contribution in [-0.2, 0) is 13.0 Å². The van der Waals surface area contributed by atoms with E-state index in [-0.39, 0.29) is 0 Å². The molecule has 2 aliphatic heterocycles. The molecule has 3 rings (SSSR count). The van der Waals surface area contributed by atoms with Gasteiger partial charge in [0, 0.05) is 30.1 Å². The summed E-state index contributed by atoms with van der Waals surface area (Å²) in [6, 6.07) is 7.46. The minimum Gasteiger partial charge on any atom is -0.315 e. The Hall–Kier alpha value is -0.380. The summed E-state index contributed by atoms with van der Waals surface area (Å²) < 4.78 is 1.21. The number of rotatable bonds is 1. The predicted octanol–water partition coefficient (Wildman–Crippen LogP) is 2.17. The van der Waals surface area contributed by atoms with Crippen LogP contribution in [0.4, 0.5) is 0 Å². The molecule has 0 amide bonds. The second-order valence-electron chi connectivity index (χ2n) is 4.78. The molecule has 0 saturated carbocycles. The van der Waals surface area contributed by atoms with Crippen molar-refractivity contribution in [1.82, 2.24) is 10.2 Å². The second kappa shape index (κ2) is 4.47. The number of halogens is 1. The van der Waals surface area contributed by atoms with Gasteiger partial charge in [-0.15, -0.1) is 0 Å². The lowest BCUT2D eigenvalue weighted by molar-refractivity contribution is 0.190. The van der Waals surface area contributed by atoms with E-state index >= 15 is 0 Å². The third-order valence-electron chi connectivity index (χ3n) is 3.76. The molecule has 1 aromatic carbocycles. The first-order chi connectivity index (χ1) is 7.83. The van der Waals surface area contributed by atoms with Crippen molar-refractivity contribution in [2.75, 3.05) is 19.6 Å². The van der Waals surface area contributed by atoms with Crippen LogP contribution in [0.1, 0.15) is 17.5 Å². The van der Waals surface area contributed by atoms with Crippen LogP contribution in [0.25, 0.3) is 0 Å². The molecule has 3 heteroatoms. The Bertz CT molecular complexity index is 386. The summed E-state index contributed by atoms with van der Waals surface area (Å²) in [5, 5.41) is 3.45. The Morgan fingerprint density at radius 3 is 3.06 bits per heavy atom. The van der Waals surface area contributed by atoms with Gasteiger partial charge in [-0.2, -0.15) is 0 Å². The van der Waals surface area contributed by atoms with Crippen LogP contribution < -0.4 is 5.32 Å². The predicted molar refractivity (Wildman–Crippen MR) is 69.5 cm³/mol. The van der Waals surface area contributed by atoms with E-state index in [9.17, 15) is 0 Å². The van der Waals surface area contributed by atoms with Gasteiger partial charge in [-0.25, -0.2) is 0 Å². The van der Waals surface area contributed by atoms with Gasteiger partial charge in [0.25, 0.3) is 0 Å². The molecule has 0 bridgehead atoms. The zero-order valence-corrected chi connectivity index (χ0v) is 11.0. The van der Waals surface area contributed by atoms with Crippen LogP contribution in [-0.4, -0.2) is 30.6 Å². The van der Waals surface area contributed by atoms with Gasteiger partial charge in [0.15, 0.2) is 0 Å². The number of hydrogen-bond donors (Lipinski definition) is 1. The minimum atomic E-state index is 0.757. The van der Waals surface area contributed by atoms with Crippen LogP contribution in [0.3, 0.4) is 0 Å². The van der Waals surface area contributed by atoms with Crippen LogP contribution in [0.5, 0.6) is 0 Å².